The van der Waals surface area contributed by atoms with Gasteiger partial charge in [0.2, 0.25) is 11.7 Å². The molecule has 0 saturated heterocycles. The van der Waals surface area contributed by atoms with E-state index in [4.69, 9.17) is 8.94 Å². The van der Waals surface area contributed by atoms with Crippen LogP contribution in [0.2, 0.25) is 0 Å². The lowest BCUT2D eigenvalue weighted by molar-refractivity contribution is 0.221. The molecule has 2 aromatic heterocycles. The fraction of sp³-hybridized carbons (Fsp3) is 0.600. The molecule has 0 radical (unpaired) electrons. The van der Waals surface area contributed by atoms with Crippen molar-refractivity contribution in [3.8, 4) is 11.4 Å². The molecule has 1 aliphatic carbocycles. The molecule has 108 valence electrons. The van der Waals surface area contributed by atoms with Crippen LogP contribution >= 0.6 is 0 Å². The van der Waals surface area contributed by atoms with Crippen molar-refractivity contribution in [1.82, 2.24) is 15.5 Å². The van der Waals surface area contributed by atoms with Crippen LogP contribution in [-0.4, -0.2) is 22.7 Å². The number of likely N-dealkylation sites (N-methyl/N-ethyl adjacent to an activating group) is 1. The second-order valence-corrected chi connectivity index (χ2v) is 5.67. The van der Waals surface area contributed by atoms with Crippen LogP contribution in [0.1, 0.15) is 43.8 Å². The van der Waals surface area contributed by atoms with Crippen LogP contribution in [0.4, 0.5) is 0 Å². The molecule has 0 bridgehead atoms. The number of hydrogen-bond acceptors (Lipinski definition) is 5. The molecule has 0 atom stereocenters. The largest absolute Gasteiger partial charge is 0.469 e. The Hall–Kier alpha value is -1.62. The van der Waals surface area contributed by atoms with E-state index in [0.29, 0.717) is 11.7 Å². The van der Waals surface area contributed by atoms with Crippen molar-refractivity contribution < 1.29 is 8.94 Å². The highest BCUT2D eigenvalue weighted by Crippen LogP contribution is 2.31. The summed E-state index contributed by atoms with van der Waals surface area (Å²) in [4.78, 5) is 4.52. The number of hydrogen-bond donors (Lipinski definition) is 1. The summed E-state index contributed by atoms with van der Waals surface area (Å²) in [6.07, 6.45) is 8.65. The average Bonchev–Trinajstić information content (AvgIpc) is 3.08. The summed E-state index contributed by atoms with van der Waals surface area (Å²) in [6.45, 7) is 1.90. The lowest BCUT2D eigenvalue weighted by Crippen LogP contribution is -2.46. The standard InChI is InChI=1S/C15H21N3O2/c1-11-12(6-9-19-11)14-17-13(20-18-14)10-15(16-2)7-4-3-5-8-15/h6,9,16H,3-5,7-8,10H2,1-2H3. The topological polar surface area (TPSA) is 64.1 Å². The van der Waals surface area contributed by atoms with Crippen molar-refractivity contribution in [2.24, 2.45) is 0 Å². The van der Waals surface area contributed by atoms with Gasteiger partial charge >= 0.3 is 0 Å². The minimum absolute atomic E-state index is 0.119. The van der Waals surface area contributed by atoms with Crippen LogP contribution in [0.25, 0.3) is 11.4 Å². The zero-order chi connectivity index (χ0) is 14.0. The SMILES string of the molecule is CNC1(Cc2nc(-c3ccoc3C)no2)CCCCC1. The van der Waals surface area contributed by atoms with Gasteiger partial charge in [-0.2, -0.15) is 4.98 Å². The lowest BCUT2D eigenvalue weighted by Gasteiger charge is -2.36. The number of aryl methyl sites for hydroxylation is 1. The second kappa shape index (κ2) is 5.40. The Kier molecular flexibility index (Phi) is 3.61. The zero-order valence-corrected chi connectivity index (χ0v) is 12.1. The van der Waals surface area contributed by atoms with Crippen LogP contribution < -0.4 is 5.32 Å². The monoisotopic (exact) mass is 275 g/mol. The van der Waals surface area contributed by atoms with Crippen molar-refractivity contribution in [2.45, 2.75) is 51.0 Å². The Bertz CT molecular complexity index is 567. The van der Waals surface area contributed by atoms with Crippen LogP contribution in [0.3, 0.4) is 0 Å². The van der Waals surface area contributed by atoms with Crippen molar-refractivity contribution in [3.05, 3.63) is 24.0 Å². The molecule has 0 amide bonds. The smallest absolute Gasteiger partial charge is 0.228 e. The quantitative estimate of drug-likeness (QED) is 0.928. The molecular formula is C15H21N3O2. The van der Waals surface area contributed by atoms with Gasteiger partial charge in [-0.1, -0.05) is 24.4 Å². The molecule has 1 fully saturated rings. The molecule has 5 nitrogen and oxygen atoms in total. The molecule has 0 aliphatic heterocycles. The highest BCUT2D eigenvalue weighted by molar-refractivity contribution is 5.56. The molecule has 2 heterocycles. The van der Waals surface area contributed by atoms with Crippen LogP contribution in [-0.2, 0) is 6.42 Å². The van der Waals surface area contributed by atoms with E-state index in [2.05, 4.69) is 15.5 Å². The number of nitrogens with one attached hydrogen (secondary N) is 1. The molecule has 20 heavy (non-hydrogen) atoms. The second-order valence-electron chi connectivity index (χ2n) is 5.67. The van der Waals surface area contributed by atoms with E-state index in [9.17, 15) is 0 Å². The normalized spacial score (nSPS) is 18.3. The van der Waals surface area contributed by atoms with E-state index < -0.39 is 0 Å². The maximum Gasteiger partial charge on any atom is 0.228 e. The van der Waals surface area contributed by atoms with Gasteiger partial charge in [-0.05, 0) is 32.9 Å². The first-order valence-electron chi connectivity index (χ1n) is 7.28. The molecule has 1 saturated carbocycles. The maximum atomic E-state index is 5.43. The van der Waals surface area contributed by atoms with Gasteiger partial charge in [0.15, 0.2) is 0 Å². The molecule has 3 rings (SSSR count). The first-order valence-corrected chi connectivity index (χ1v) is 7.28. The number of aromatic nitrogens is 2. The summed E-state index contributed by atoms with van der Waals surface area (Å²) in [5.74, 6) is 2.14. The van der Waals surface area contributed by atoms with Gasteiger partial charge in [0.1, 0.15) is 5.76 Å². The Balaban J connectivity index is 1.78. The molecule has 1 N–H and O–H groups in total. The van der Waals surface area contributed by atoms with E-state index in [1.807, 2.05) is 20.0 Å². The first kappa shape index (κ1) is 13.4. The molecule has 2 aromatic rings. The lowest BCUT2D eigenvalue weighted by atomic mass is 9.79. The Morgan fingerprint density at radius 1 is 1.30 bits per heavy atom. The molecule has 0 aromatic carbocycles. The van der Waals surface area contributed by atoms with Crippen molar-refractivity contribution in [3.63, 3.8) is 0 Å². The van der Waals surface area contributed by atoms with Gasteiger partial charge in [0.05, 0.1) is 11.8 Å². The zero-order valence-electron chi connectivity index (χ0n) is 12.1. The third-order valence-corrected chi connectivity index (χ3v) is 4.40. The maximum absolute atomic E-state index is 5.43. The first-order chi connectivity index (χ1) is 9.72. The minimum Gasteiger partial charge on any atom is -0.469 e. The van der Waals surface area contributed by atoms with Crippen LogP contribution in [0.15, 0.2) is 21.3 Å². The Labute approximate surface area is 118 Å². The van der Waals surface area contributed by atoms with E-state index in [-0.39, 0.29) is 5.54 Å². The van der Waals surface area contributed by atoms with Gasteiger partial charge in [-0.3, -0.25) is 0 Å². The summed E-state index contributed by atoms with van der Waals surface area (Å²) in [5.41, 5.74) is 1.02. The summed E-state index contributed by atoms with van der Waals surface area (Å²) < 4.78 is 10.7. The van der Waals surface area contributed by atoms with Crippen molar-refractivity contribution in [1.29, 1.82) is 0 Å². The minimum atomic E-state index is 0.119. The molecule has 0 spiro atoms. The molecule has 1 aliphatic rings. The predicted molar refractivity (Wildman–Crippen MR) is 75.3 cm³/mol. The summed E-state index contributed by atoms with van der Waals surface area (Å²) in [5, 5.41) is 7.55. The Morgan fingerprint density at radius 2 is 2.10 bits per heavy atom. The summed E-state index contributed by atoms with van der Waals surface area (Å²) in [6, 6.07) is 1.87. The molecular weight excluding hydrogens is 254 g/mol. The Morgan fingerprint density at radius 3 is 2.75 bits per heavy atom. The number of nitrogens with zero attached hydrogens (tertiary/aromatic N) is 2. The average molecular weight is 275 g/mol. The fourth-order valence-electron chi connectivity index (χ4n) is 3.09. The molecule has 5 heteroatoms. The predicted octanol–water partition coefficient (Wildman–Crippen LogP) is 3.10. The van der Waals surface area contributed by atoms with Crippen molar-refractivity contribution >= 4 is 0 Å². The molecule has 0 unspecified atom stereocenters. The van der Waals surface area contributed by atoms with Gasteiger partial charge in [-0.25, -0.2) is 0 Å². The van der Waals surface area contributed by atoms with Crippen LogP contribution in [0, 0.1) is 6.92 Å². The highest BCUT2D eigenvalue weighted by atomic mass is 16.5. The van der Waals surface area contributed by atoms with E-state index in [1.165, 1.54) is 32.1 Å². The van der Waals surface area contributed by atoms with Gasteiger partial charge in [-0.15, -0.1) is 0 Å². The van der Waals surface area contributed by atoms with E-state index in [1.54, 1.807) is 6.26 Å². The summed E-state index contributed by atoms with van der Waals surface area (Å²) >= 11 is 0. The van der Waals surface area contributed by atoms with E-state index >= 15 is 0 Å². The van der Waals surface area contributed by atoms with Gasteiger partial charge in [0.25, 0.3) is 0 Å². The summed E-state index contributed by atoms with van der Waals surface area (Å²) in [7, 11) is 2.03. The van der Waals surface area contributed by atoms with E-state index in [0.717, 1.165) is 17.7 Å². The van der Waals surface area contributed by atoms with Gasteiger partial charge in [0, 0.05) is 12.0 Å². The third kappa shape index (κ3) is 2.50. The van der Waals surface area contributed by atoms with Crippen LogP contribution in [0.5, 0.6) is 0 Å². The van der Waals surface area contributed by atoms with Gasteiger partial charge < -0.3 is 14.3 Å². The highest BCUT2D eigenvalue weighted by Gasteiger charge is 2.32. The fourth-order valence-corrected chi connectivity index (χ4v) is 3.09. The van der Waals surface area contributed by atoms with Crippen molar-refractivity contribution in [2.75, 3.05) is 7.05 Å². The number of furan rings is 1. The number of rotatable bonds is 4. The third-order valence-electron chi connectivity index (χ3n) is 4.40.